The first kappa shape index (κ1) is 13.4. The molecule has 2 rings (SSSR count). The zero-order valence-corrected chi connectivity index (χ0v) is 11.9. The molecular formula is C14H10Cl3N. The molecule has 4 heteroatoms. The first-order valence-electron chi connectivity index (χ1n) is 5.32. The van der Waals surface area contributed by atoms with E-state index in [0.717, 1.165) is 11.1 Å². The van der Waals surface area contributed by atoms with Crippen LogP contribution in [0.4, 0.5) is 5.69 Å². The summed E-state index contributed by atoms with van der Waals surface area (Å²) in [5, 5.41) is 1.35. The van der Waals surface area contributed by atoms with Crippen LogP contribution in [0.2, 0.25) is 15.1 Å². The average molecular weight is 299 g/mol. The zero-order chi connectivity index (χ0) is 13.1. The van der Waals surface area contributed by atoms with E-state index in [-0.39, 0.29) is 0 Å². The SMILES string of the molecule is Cc1ccccc1C=Nc1cc(Cl)c(Cl)cc1Cl. The summed E-state index contributed by atoms with van der Waals surface area (Å²) >= 11 is 17.8. The first-order chi connectivity index (χ1) is 8.58. The number of hydrogen-bond donors (Lipinski definition) is 0. The lowest BCUT2D eigenvalue weighted by molar-refractivity contribution is 1.44. The monoisotopic (exact) mass is 297 g/mol. The van der Waals surface area contributed by atoms with Crippen molar-refractivity contribution in [1.82, 2.24) is 0 Å². The van der Waals surface area contributed by atoms with Gasteiger partial charge in [-0.2, -0.15) is 0 Å². The second kappa shape index (κ2) is 5.75. The summed E-state index contributed by atoms with van der Waals surface area (Å²) < 4.78 is 0. The third kappa shape index (κ3) is 3.05. The lowest BCUT2D eigenvalue weighted by atomic mass is 10.1. The fraction of sp³-hybridized carbons (Fsp3) is 0.0714. The maximum absolute atomic E-state index is 6.05. The van der Waals surface area contributed by atoms with Gasteiger partial charge in [-0.3, -0.25) is 4.99 Å². The minimum Gasteiger partial charge on any atom is -0.255 e. The second-order valence-electron chi connectivity index (χ2n) is 3.83. The van der Waals surface area contributed by atoms with E-state index in [1.165, 1.54) is 0 Å². The van der Waals surface area contributed by atoms with Gasteiger partial charge in [0.05, 0.1) is 20.8 Å². The van der Waals surface area contributed by atoms with Crippen LogP contribution in [-0.4, -0.2) is 6.21 Å². The highest BCUT2D eigenvalue weighted by atomic mass is 35.5. The molecule has 0 bridgehead atoms. The molecule has 2 aromatic rings. The van der Waals surface area contributed by atoms with Crippen molar-refractivity contribution in [1.29, 1.82) is 0 Å². The fourth-order valence-electron chi connectivity index (χ4n) is 1.48. The van der Waals surface area contributed by atoms with Crippen LogP contribution in [0.25, 0.3) is 0 Å². The number of aliphatic imine (C=N–C) groups is 1. The van der Waals surface area contributed by atoms with E-state index in [9.17, 15) is 0 Å². The molecule has 0 saturated carbocycles. The largest absolute Gasteiger partial charge is 0.255 e. The van der Waals surface area contributed by atoms with Crippen LogP contribution in [-0.2, 0) is 0 Å². The van der Waals surface area contributed by atoms with Crippen molar-refractivity contribution in [2.75, 3.05) is 0 Å². The summed E-state index contributed by atoms with van der Waals surface area (Å²) in [7, 11) is 0. The molecule has 0 atom stereocenters. The van der Waals surface area contributed by atoms with Crippen molar-refractivity contribution in [3.8, 4) is 0 Å². The number of rotatable bonds is 2. The van der Waals surface area contributed by atoms with Crippen molar-refractivity contribution in [3.05, 3.63) is 62.6 Å². The maximum Gasteiger partial charge on any atom is 0.0831 e. The van der Waals surface area contributed by atoms with Crippen molar-refractivity contribution in [2.24, 2.45) is 4.99 Å². The third-order valence-corrected chi connectivity index (χ3v) is 3.55. The Kier molecular flexibility index (Phi) is 4.28. The van der Waals surface area contributed by atoms with E-state index in [4.69, 9.17) is 34.8 Å². The predicted molar refractivity (Wildman–Crippen MR) is 79.9 cm³/mol. The maximum atomic E-state index is 6.05. The number of hydrogen-bond acceptors (Lipinski definition) is 1. The Hall–Kier alpha value is -1.02. The Bertz CT molecular complexity index is 606. The van der Waals surface area contributed by atoms with Crippen molar-refractivity contribution in [2.45, 2.75) is 6.92 Å². The van der Waals surface area contributed by atoms with Crippen LogP contribution >= 0.6 is 34.8 Å². The van der Waals surface area contributed by atoms with Crippen LogP contribution in [0.5, 0.6) is 0 Å². The van der Waals surface area contributed by atoms with Gasteiger partial charge >= 0.3 is 0 Å². The normalized spacial score (nSPS) is 11.1. The summed E-state index contributed by atoms with van der Waals surface area (Å²) in [5.41, 5.74) is 2.80. The van der Waals surface area contributed by atoms with E-state index in [1.807, 2.05) is 31.2 Å². The molecule has 0 spiro atoms. The number of halogens is 3. The van der Waals surface area contributed by atoms with Gasteiger partial charge in [0.2, 0.25) is 0 Å². The molecular weight excluding hydrogens is 289 g/mol. The Labute approximate surface area is 121 Å². The summed E-state index contributed by atoms with van der Waals surface area (Å²) in [6.07, 6.45) is 1.76. The number of aryl methyl sites for hydroxylation is 1. The highest BCUT2D eigenvalue weighted by Crippen LogP contribution is 2.33. The summed E-state index contributed by atoms with van der Waals surface area (Å²) in [6, 6.07) is 11.2. The molecule has 0 fully saturated rings. The predicted octanol–water partition coefficient (Wildman–Crippen LogP) is 5.71. The topological polar surface area (TPSA) is 12.4 Å². The molecule has 0 heterocycles. The van der Waals surface area contributed by atoms with Crippen LogP contribution < -0.4 is 0 Å². The van der Waals surface area contributed by atoms with Gasteiger partial charge < -0.3 is 0 Å². The first-order valence-corrected chi connectivity index (χ1v) is 6.45. The summed E-state index contributed by atoms with van der Waals surface area (Å²) in [4.78, 5) is 4.34. The van der Waals surface area contributed by atoms with E-state index in [2.05, 4.69) is 4.99 Å². The Morgan fingerprint density at radius 3 is 2.33 bits per heavy atom. The second-order valence-corrected chi connectivity index (χ2v) is 5.05. The molecule has 2 aromatic carbocycles. The molecule has 92 valence electrons. The van der Waals surface area contributed by atoms with E-state index in [0.29, 0.717) is 20.8 Å². The molecule has 0 radical (unpaired) electrons. The van der Waals surface area contributed by atoms with Crippen molar-refractivity contribution < 1.29 is 0 Å². The van der Waals surface area contributed by atoms with Gasteiger partial charge in [-0.15, -0.1) is 0 Å². The van der Waals surface area contributed by atoms with Gasteiger partial charge in [-0.25, -0.2) is 0 Å². The average Bonchev–Trinajstić information content (AvgIpc) is 2.34. The molecule has 0 aliphatic rings. The molecule has 0 aliphatic heterocycles. The van der Waals surface area contributed by atoms with Gasteiger partial charge in [0, 0.05) is 6.21 Å². The van der Waals surface area contributed by atoms with Crippen molar-refractivity contribution in [3.63, 3.8) is 0 Å². The van der Waals surface area contributed by atoms with Crippen molar-refractivity contribution >= 4 is 46.7 Å². The molecule has 0 saturated heterocycles. The number of nitrogens with zero attached hydrogens (tertiary/aromatic N) is 1. The minimum absolute atomic E-state index is 0.427. The van der Waals surface area contributed by atoms with E-state index in [1.54, 1.807) is 18.3 Å². The van der Waals surface area contributed by atoms with Crippen LogP contribution in [0.1, 0.15) is 11.1 Å². The summed E-state index contributed by atoms with van der Waals surface area (Å²) in [6.45, 7) is 2.03. The summed E-state index contributed by atoms with van der Waals surface area (Å²) in [5.74, 6) is 0. The molecule has 0 aliphatic carbocycles. The van der Waals surface area contributed by atoms with E-state index < -0.39 is 0 Å². The van der Waals surface area contributed by atoms with Gasteiger partial charge in [-0.05, 0) is 30.2 Å². The van der Waals surface area contributed by atoms with Crippen LogP contribution in [0.15, 0.2) is 41.4 Å². The third-order valence-electron chi connectivity index (χ3n) is 2.52. The smallest absolute Gasteiger partial charge is 0.0831 e. The molecule has 0 N–H and O–H groups in total. The van der Waals surface area contributed by atoms with Crippen LogP contribution in [0.3, 0.4) is 0 Å². The fourth-order valence-corrected chi connectivity index (χ4v) is 2.07. The molecule has 0 amide bonds. The van der Waals surface area contributed by atoms with Gasteiger partial charge in [-0.1, -0.05) is 59.1 Å². The molecule has 18 heavy (non-hydrogen) atoms. The highest BCUT2D eigenvalue weighted by Gasteiger charge is 2.04. The quantitative estimate of drug-likeness (QED) is 0.498. The lowest BCUT2D eigenvalue weighted by Crippen LogP contribution is -1.85. The molecule has 0 aromatic heterocycles. The van der Waals surface area contributed by atoms with Gasteiger partial charge in [0.25, 0.3) is 0 Å². The Morgan fingerprint density at radius 2 is 1.61 bits per heavy atom. The molecule has 1 nitrogen and oxygen atoms in total. The van der Waals surface area contributed by atoms with Crippen LogP contribution in [0, 0.1) is 6.92 Å². The van der Waals surface area contributed by atoms with Gasteiger partial charge in [0.15, 0.2) is 0 Å². The highest BCUT2D eigenvalue weighted by molar-refractivity contribution is 6.43. The Morgan fingerprint density at radius 1 is 0.944 bits per heavy atom. The van der Waals surface area contributed by atoms with E-state index >= 15 is 0 Å². The number of benzene rings is 2. The Balaban J connectivity index is 2.35. The minimum atomic E-state index is 0.427. The standard InChI is InChI=1S/C14H10Cl3N/c1-9-4-2-3-5-10(9)8-18-14-7-12(16)11(15)6-13(14)17/h2-8H,1H3. The molecule has 0 unspecified atom stereocenters. The zero-order valence-electron chi connectivity index (χ0n) is 9.62. The lowest BCUT2D eigenvalue weighted by Gasteiger charge is -2.02. The van der Waals surface area contributed by atoms with Gasteiger partial charge in [0.1, 0.15) is 0 Å².